The van der Waals surface area contributed by atoms with Gasteiger partial charge in [0.2, 0.25) is 0 Å². The van der Waals surface area contributed by atoms with E-state index >= 15 is 0 Å². The second kappa shape index (κ2) is 6.93. The number of rotatable bonds is 4. The van der Waals surface area contributed by atoms with Gasteiger partial charge in [-0.1, -0.05) is 0 Å². The summed E-state index contributed by atoms with van der Waals surface area (Å²) in [6.45, 7) is 2.56. The molecule has 2 aromatic rings. The summed E-state index contributed by atoms with van der Waals surface area (Å²) in [4.78, 5) is 24.8. The van der Waals surface area contributed by atoms with E-state index in [2.05, 4.69) is 10.6 Å². The number of benzene rings is 1. The number of carbonyl (C=O) groups excluding carboxylic acids is 2. The Morgan fingerprint density at radius 2 is 1.83 bits per heavy atom. The quantitative estimate of drug-likeness (QED) is 0.902. The monoisotopic (exact) mass is 330 g/mol. The summed E-state index contributed by atoms with van der Waals surface area (Å²) < 4.78 is 5.35. The van der Waals surface area contributed by atoms with Gasteiger partial charge in [-0.3, -0.25) is 9.59 Å². The molecule has 0 unspecified atom stereocenters. The Kier molecular flexibility index (Phi) is 4.73. The molecule has 2 heterocycles. The van der Waals surface area contributed by atoms with Crippen molar-refractivity contribution in [1.82, 2.24) is 0 Å². The minimum absolute atomic E-state index is 0.117. The summed E-state index contributed by atoms with van der Waals surface area (Å²) in [6.07, 6.45) is 1.34. The van der Waals surface area contributed by atoms with Crippen LogP contribution in [0.25, 0.3) is 0 Å². The Hall–Kier alpha value is -2.18. The molecular weight excluding hydrogens is 312 g/mol. The first-order valence-corrected chi connectivity index (χ1v) is 8.39. The lowest BCUT2D eigenvalue weighted by Crippen LogP contribution is -2.26. The number of ether oxygens (including phenoxy) is 1. The van der Waals surface area contributed by atoms with Crippen LogP contribution < -0.4 is 10.6 Å². The smallest absolute Gasteiger partial charge is 0.265 e. The molecule has 0 radical (unpaired) electrons. The summed E-state index contributed by atoms with van der Waals surface area (Å²) in [6, 6.07) is 8.99. The van der Waals surface area contributed by atoms with Crippen LogP contribution in [0.2, 0.25) is 0 Å². The van der Waals surface area contributed by atoms with Gasteiger partial charge in [0.15, 0.2) is 0 Å². The summed E-state index contributed by atoms with van der Waals surface area (Å²) in [5.74, 6) is -0.234. The lowest BCUT2D eigenvalue weighted by atomic mass is 10.2. The fraction of sp³-hybridized carbons (Fsp3) is 0.294. The highest BCUT2D eigenvalue weighted by Crippen LogP contribution is 2.20. The maximum atomic E-state index is 12.1. The first kappa shape index (κ1) is 15.7. The van der Waals surface area contributed by atoms with E-state index in [1.165, 1.54) is 11.3 Å². The van der Waals surface area contributed by atoms with Crippen molar-refractivity contribution in [3.63, 3.8) is 0 Å². The van der Waals surface area contributed by atoms with Crippen LogP contribution >= 0.6 is 11.3 Å². The predicted octanol–water partition coefficient (Wildman–Crippen LogP) is 3.43. The zero-order valence-electron chi connectivity index (χ0n) is 12.8. The third kappa shape index (κ3) is 3.78. The first-order valence-electron chi connectivity index (χ1n) is 7.51. The predicted molar refractivity (Wildman–Crippen MR) is 91.1 cm³/mol. The van der Waals surface area contributed by atoms with Crippen molar-refractivity contribution in [3.8, 4) is 0 Å². The zero-order chi connectivity index (χ0) is 16.2. The Balaban J connectivity index is 1.59. The molecule has 5 nitrogen and oxygen atoms in total. The number of nitrogens with one attached hydrogen (secondary N) is 2. The summed E-state index contributed by atoms with van der Waals surface area (Å²) in [7, 11) is 0. The van der Waals surface area contributed by atoms with Crippen molar-refractivity contribution in [2.45, 2.75) is 25.9 Å². The molecule has 2 amide bonds. The van der Waals surface area contributed by atoms with Gasteiger partial charge < -0.3 is 15.4 Å². The molecule has 0 bridgehead atoms. The van der Waals surface area contributed by atoms with Crippen molar-refractivity contribution in [3.05, 3.63) is 46.2 Å². The number of thiophene rings is 1. The standard InChI is InChI=1S/C17H18N2O3S/c1-11-8-10-23-15(11)17(21)19-13-6-4-12(5-7-13)18-16(20)14-3-2-9-22-14/h4-8,10,14H,2-3,9H2,1H3,(H,18,20)(H,19,21)/t14-/m0/s1. The van der Waals surface area contributed by atoms with Crippen LogP contribution in [0.1, 0.15) is 28.1 Å². The van der Waals surface area contributed by atoms with Crippen molar-refractivity contribution in [2.75, 3.05) is 17.2 Å². The lowest BCUT2D eigenvalue weighted by Gasteiger charge is -2.11. The van der Waals surface area contributed by atoms with Gasteiger partial charge in [-0.15, -0.1) is 11.3 Å². The number of aryl methyl sites for hydroxylation is 1. The van der Waals surface area contributed by atoms with Crippen LogP contribution in [0.5, 0.6) is 0 Å². The third-order valence-electron chi connectivity index (χ3n) is 3.70. The highest BCUT2D eigenvalue weighted by Gasteiger charge is 2.23. The summed E-state index contributed by atoms with van der Waals surface area (Å²) in [5, 5.41) is 7.58. The van der Waals surface area contributed by atoms with E-state index in [1.807, 2.05) is 18.4 Å². The molecule has 1 aliphatic heterocycles. The minimum Gasteiger partial charge on any atom is -0.368 e. The average molecular weight is 330 g/mol. The molecule has 0 spiro atoms. The first-order chi connectivity index (χ1) is 11.1. The highest BCUT2D eigenvalue weighted by molar-refractivity contribution is 7.12. The Bertz CT molecular complexity index is 703. The van der Waals surface area contributed by atoms with Gasteiger partial charge in [-0.25, -0.2) is 0 Å². The summed E-state index contributed by atoms with van der Waals surface area (Å²) >= 11 is 1.42. The Labute approximate surface area is 138 Å². The molecule has 1 aromatic carbocycles. The molecule has 0 saturated carbocycles. The van der Waals surface area contributed by atoms with E-state index in [0.29, 0.717) is 22.9 Å². The number of hydrogen-bond acceptors (Lipinski definition) is 4. The van der Waals surface area contributed by atoms with Crippen molar-refractivity contribution < 1.29 is 14.3 Å². The number of anilines is 2. The molecule has 1 aromatic heterocycles. The van der Waals surface area contributed by atoms with Crippen molar-refractivity contribution in [2.24, 2.45) is 0 Å². The number of hydrogen-bond donors (Lipinski definition) is 2. The van der Waals surface area contributed by atoms with Crippen LogP contribution in [-0.2, 0) is 9.53 Å². The second-order valence-electron chi connectivity index (χ2n) is 5.46. The molecule has 0 aliphatic carbocycles. The van der Waals surface area contributed by atoms with Crippen molar-refractivity contribution >= 4 is 34.5 Å². The third-order valence-corrected chi connectivity index (χ3v) is 4.72. The van der Waals surface area contributed by atoms with E-state index in [9.17, 15) is 9.59 Å². The van der Waals surface area contributed by atoms with Crippen LogP contribution in [0, 0.1) is 6.92 Å². The van der Waals surface area contributed by atoms with Gasteiger partial charge in [0.05, 0.1) is 4.88 Å². The van der Waals surface area contributed by atoms with Gasteiger partial charge in [-0.2, -0.15) is 0 Å². The van der Waals surface area contributed by atoms with E-state index in [4.69, 9.17) is 4.74 Å². The van der Waals surface area contributed by atoms with Gasteiger partial charge in [0.25, 0.3) is 11.8 Å². The lowest BCUT2D eigenvalue weighted by molar-refractivity contribution is -0.124. The molecule has 23 heavy (non-hydrogen) atoms. The van der Waals surface area contributed by atoms with Gasteiger partial charge in [0.1, 0.15) is 6.10 Å². The number of amides is 2. The molecule has 6 heteroatoms. The van der Waals surface area contributed by atoms with Crippen LogP contribution in [-0.4, -0.2) is 24.5 Å². The Morgan fingerprint density at radius 3 is 2.39 bits per heavy atom. The molecule has 2 N–H and O–H groups in total. The van der Waals surface area contributed by atoms with E-state index in [-0.39, 0.29) is 17.9 Å². The maximum absolute atomic E-state index is 12.1. The van der Waals surface area contributed by atoms with E-state index in [1.54, 1.807) is 24.3 Å². The molecule has 1 fully saturated rings. The topological polar surface area (TPSA) is 67.4 Å². The van der Waals surface area contributed by atoms with Gasteiger partial charge >= 0.3 is 0 Å². The molecule has 120 valence electrons. The van der Waals surface area contributed by atoms with Crippen LogP contribution in [0.3, 0.4) is 0 Å². The molecule has 1 aliphatic rings. The molecule has 3 rings (SSSR count). The second-order valence-corrected chi connectivity index (χ2v) is 6.37. The van der Waals surface area contributed by atoms with E-state index < -0.39 is 0 Å². The normalized spacial score (nSPS) is 17.0. The zero-order valence-corrected chi connectivity index (χ0v) is 13.6. The fourth-order valence-electron chi connectivity index (χ4n) is 2.44. The average Bonchev–Trinajstić information content (AvgIpc) is 3.20. The van der Waals surface area contributed by atoms with Crippen LogP contribution in [0.15, 0.2) is 35.7 Å². The fourth-order valence-corrected chi connectivity index (χ4v) is 3.26. The largest absolute Gasteiger partial charge is 0.368 e. The minimum atomic E-state index is -0.351. The summed E-state index contributed by atoms with van der Waals surface area (Å²) in [5.41, 5.74) is 2.35. The molecular formula is C17H18N2O3S. The molecule has 1 saturated heterocycles. The number of carbonyl (C=O) groups is 2. The van der Waals surface area contributed by atoms with Gasteiger partial charge in [-0.05, 0) is 61.0 Å². The maximum Gasteiger partial charge on any atom is 0.265 e. The highest BCUT2D eigenvalue weighted by atomic mass is 32.1. The van der Waals surface area contributed by atoms with Crippen molar-refractivity contribution in [1.29, 1.82) is 0 Å². The van der Waals surface area contributed by atoms with E-state index in [0.717, 1.165) is 18.4 Å². The Morgan fingerprint density at radius 1 is 1.13 bits per heavy atom. The van der Waals surface area contributed by atoms with Gasteiger partial charge in [0, 0.05) is 18.0 Å². The SMILES string of the molecule is Cc1ccsc1C(=O)Nc1ccc(NC(=O)[C@@H]2CCCO2)cc1. The van der Waals surface area contributed by atoms with Crippen LogP contribution in [0.4, 0.5) is 11.4 Å². The molecule has 1 atom stereocenters.